The number of halogens is 1. The van der Waals surface area contributed by atoms with Gasteiger partial charge in [-0.2, -0.15) is 4.72 Å². The molecule has 0 spiro atoms. The number of rotatable bonds is 3. The predicted molar refractivity (Wildman–Crippen MR) is 77.0 cm³/mol. The van der Waals surface area contributed by atoms with Gasteiger partial charge in [0.15, 0.2) is 0 Å². The Hall–Kier alpha value is -1.31. The van der Waals surface area contributed by atoms with E-state index < -0.39 is 16.1 Å². The summed E-state index contributed by atoms with van der Waals surface area (Å²) in [6, 6.07) is 2.08. The molecule has 1 fully saturated rings. The second-order valence-electron chi connectivity index (χ2n) is 4.86. The molecule has 1 saturated heterocycles. The topological polar surface area (TPSA) is 92.5 Å². The van der Waals surface area contributed by atoms with Gasteiger partial charge in [0.1, 0.15) is 6.04 Å². The van der Waals surface area contributed by atoms with Gasteiger partial charge in [-0.3, -0.25) is 4.79 Å². The number of likely N-dealkylation sites (N-methyl/N-ethyl adjacent to an activating group) is 1. The summed E-state index contributed by atoms with van der Waals surface area (Å²) in [5.74, 6) is -0.229. The zero-order valence-electron chi connectivity index (χ0n) is 11.2. The number of hydrogen-bond donors (Lipinski definition) is 2. The Balaban J connectivity index is 2.32. The second kappa shape index (κ2) is 5.23. The maximum atomic E-state index is 12.3. The van der Waals surface area contributed by atoms with Crippen LogP contribution in [0, 0.1) is 6.92 Å². The van der Waals surface area contributed by atoms with E-state index in [0.29, 0.717) is 23.6 Å². The van der Waals surface area contributed by atoms with Crippen LogP contribution >= 0.6 is 11.6 Å². The minimum Gasteiger partial charge on any atom is -0.397 e. The van der Waals surface area contributed by atoms with E-state index in [0.717, 1.165) is 0 Å². The molecule has 1 aromatic carbocycles. The van der Waals surface area contributed by atoms with Crippen molar-refractivity contribution in [1.82, 2.24) is 9.62 Å². The van der Waals surface area contributed by atoms with E-state index in [-0.39, 0.29) is 16.5 Å². The summed E-state index contributed by atoms with van der Waals surface area (Å²) in [4.78, 5) is 13.3. The number of amides is 1. The predicted octanol–water partition coefficient (Wildman–Crippen LogP) is 0.740. The van der Waals surface area contributed by atoms with Crippen molar-refractivity contribution < 1.29 is 13.2 Å². The minimum absolute atomic E-state index is 0.0433. The third-order valence-electron chi connectivity index (χ3n) is 3.31. The van der Waals surface area contributed by atoms with Crippen LogP contribution in [0.2, 0.25) is 5.02 Å². The summed E-state index contributed by atoms with van der Waals surface area (Å²) >= 11 is 5.85. The lowest BCUT2D eigenvalue weighted by Gasteiger charge is -2.15. The van der Waals surface area contributed by atoms with Crippen LogP contribution in [0.1, 0.15) is 12.0 Å². The second-order valence-corrected chi connectivity index (χ2v) is 6.95. The van der Waals surface area contributed by atoms with E-state index in [2.05, 4.69) is 4.72 Å². The van der Waals surface area contributed by atoms with E-state index in [4.69, 9.17) is 17.3 Å². The third-order valence-corrected chi connectivity index (χ3v) is 5.25. The lowest BCUT2D eigenvalue weighted by atomic mass is 10.2. The first-order valence-electron chi connectivity index (χ1n) is 6.05. The van der Waals surface area contributed by atoms with Crippen molar-refractivity contribution in [1.29, 1.82) is 0 Å². The van der Waals surface area contributed by atoms with Crippen LogP contribution < -0.4 is 10.5 Å². The Morgan fingerprint density at radius 1 is 1.45 bits per heavy atom. The fraction of sp³-hybridized carbons (Fsp3) is 0.417. The highest BCUT2D eigenvalue weighted by molar-refractivity contribution is 7.89. The highest BCUT2D eigenvalue weighted by atomic mass is 35.5. The number of nitrogen functional groups attached to an aromatic ring is 1. The van der Waals surface area contributed by atoms with Crippen molar-refractivity contribution in [3.8, 4) is 0 Å². The number of carbonyl (C=O) groups excluding carboxylic acids is 1. The van der Waals surface area contributed by atoms with E-state index >= 15 is 0 Å². The van der Waals surface area contributed by atoms with Gasteiger partial charge in [0.25, 0.3) is 0 Å². The summed E-state index contributed by atoms with van der Waals surface area (Å²) in [6.45, 7) is 2.16. The van der Waals surface area contributed by atoms with Crippen molar-refractivity contribution in [2.75, 3.05) is 19.3 Å². The van der Waals surface area contributed by atoms with Gasteiger partial charge in [-0.15, -0.1) is 0 Å². The van der Waals surface area contributed by atoms with E-state index in [1.165, 1.54) is 17.0 Å². The van der Waals surface area contributed by atoms with Crippen LogP contribution in [-0.4, -0.2) is 38.9 Å². The Bertz CT molecular complexity index is 660. The molecule has 8 heteroatoms. The largest absolute Gasteiger partial charge is 0.397 e. The van der Waals surface area contributed by atoms with Gasteiger partial charge in [0.05, 0.1) is 15.6 Å². The van der Waals surface area contributed by atoms with Gasteiger partial charge in [-0.25, -0.2) is 8.42 Å². The fourth-order valence-corrected chi connectivity index (χ4v) is 3.84. The summed E-state index contributed by atoms with van der Waals surface area (Å²) in [7, 11) is -2.17. The molecule has 1 heterocycles. The van der Waals surface area contributed by atoms with Crippen molar-refractivity contribution in [3.63, 3.8) is 0 Å². The molecule has 2 rings (SSSR count). The molecule has 1 atom stereocenters. The first-order chi connectivity index (χ1) is 9.22. The zero-order chi connectivity index (χ0) is 15.1. The van der Waals surface area contributed by atoms with Gasteiger partial charge < -0.3 is 10.6 Å². The highest BCUT2D eigenvalue weighted by Gasteiger charge is 2.33. The Labute approximate surface area is 122 Å². The van der Waals surface area contributed by atoms with Gasteiger partial charge in [0, 0.05) is 13.6 Å². The van der Waals surface area contributed by atoms with Crippen LogP contribution in [-0.2, 0) is 14.8 Å². The molecule has 1 amide bonds. The molecular formula is C12H16ClN3O3S. The number of likely N-dealkylation sites (tertiary alicyclic amines) is 1. The van der Waals surface area contributed by atoms with Crippen LogP contribution in [0.5, 0.6) is 0 Å². The molecule has 20 heavy (non-hydrogen) atoms. The molecule has 110 valence electrons. The lowest BCUT2D eigenvalue weighted by molar-refractivity contribution is -0.127. The summed E-state index contributed by atoms with van der Waals surface area (Å²) in [5.41, 5.74) is 6.31. The number of anilines is 1. The molecule has 1 aliphatic heterocycles. The number of aryl methyl sites for hydroxylation is 1. The molecule has 0 aliphatic carbocycles. The van der Waals surface area contributed by atoms with Crippen molar-refractivity contribution in [3.05, 3.63) is 22.7 Å². The molecular weight excluding hydrogens is 302 g/mol. The molecule has 1 unspecified atom stereocenters. The Morgan fingerprint density at radius 2 is 2.10 bits per heavy atom. The number of benzene rings is 1. The van der Waals surface area contributed by atoms with E-state index in [1.54, 1.807) is 14.0 Å². The maximum absolute atomic E-state index is 12.3. The Kier molecular flexibility index (Phi) is 3.95. The summed E-state index contributed by atoms with van der Waals surface area (Å²) in [5, 5.41) is 0.304. The van der Waals surface area contributed by atoms with Crippen LogP contribution in [0.25, 0.3) is 0 Å². The SMILES string of the molecule is Cc1cc(Cl)c(N)cc1S(=O)(=O)NC1CCN(C)C1=O. The normalized spacial score (nSPS) is 19.6. The average molecular weight is 318 g/mol. The maximum Gasteiger partial charge on any atom is 0.241 e. The van der Waals surface area contributed by atoms with Crippen molar-refractivity contribution >= 4 is 33.2 Å². The molecule has 6 nitrogen and oxygen atoms in total. The summed E-state index contributed by atoms with van der Waals surface area (Å²) in [6.07, 6.45) is 0.455. The number of nitrogens with one attached hydrogen (secondary N) is 1. The standard InChI is InChI=1S/C12H16ClN3O3S/c1-7-5-8(13)9(14)6-11(7)20(18,19)15-10-3-4-16(2)12(10)17/h5-6,10,15H,3-4,14H2,1-2H3. The quantitative estimate of drug-likeness (QED) is 0.804. The number of nitrogens with zero attached hydrogens (tertiary/aromatic N) is 1. The molecule has 0 saturated carbocycles. The minimum atomic E-state index is -3.81. The van der Waals surface area contributed by atoms with Gasteiger partial charge >= 0.3 is 0 Å². The van der Waals surface area contributed by atoms with E-state index in [1.807, 2.05) is 0 Å². The number of carbonyl (C=O) groups is 1. The molecule has 1 aromatic rings. The van der Waals surface area contributed by atoms with Crippen LogP contribution in [0.4, 0.5) is 5.69 Å². The number of sulfonamides is 1. The average Bonchev–Trinajstić information content (AvgIpc) is 2.65. The summed E-state index contributed by atoms with van der Waals surface area (Å²) < 4.78 is 27.1. The zero-order valence-corrected chi connectivity index (χ0v) is 12.8. The van der Waals surface area contributed by atoms with Gasteiger partial charge in [0.2, 0.25) is 15.9 Å². The monoisotopic (exact) mass is 317 g/mol. The molecule has 0 radical (unpaired) electrons. The molecule has 1 aliphatic rings. The lowest BCUT2D eigenvalue weighted by Crippen LogP contribution is -2.40. The molecule has 0 bridgehead atoms. The van der Waals surface area contributed by atoms with Crippen LogP contribution in [0.3, 0.4) is 0 Å². The highest BCUT2D eigenvalue weighted by Crippen LogP contribution is 2.26. The van der Waals surface area contributed by atoms with Crippen LogP contribution in [0.15, 0.2) is 17.0 Å². The van der Waals surface area contributed by atoms with Gasteiger partial charge in [-0.1, -0.05) is 11.6 Å². The first kappa shape index (κ1) is 15.1. The number of hydrogen-bond acceptors (Lipinski definition) is 4. The van der Waals surface area contributed by atoms with Crippen molar-refractivity contribution in [2.24, 2.45) is 0 Å². The molecule has 3 N–H and O–H groups in total. The smallest absolute Gasteiger partial charge is 0.241 e. The number of nitrogens with two attached hydrogens (primary N) is 1. The first-order valence-corrected chi connectivity index (χ1v) is 7.91. The van der Waals surface area contributed by atoms with Crippen molar-refractivity contribution in [2.45, 2.75) is 24.3 Å². The third kappa shape index (κ3) is 2.74. The molecule has 0 aromatic heterocycles. The fourth-order valence-electron chi connectivity index (χ4n) is 2.14. The van der Waals surface area contributed by atoms with E-state index in [9.17, 15) is 13.2 Å². The Morgan fingerprint density at radius 3 is 2.65 bits per heavy atom. The van der Waals surface area contributed by atoms with Gasteiger partial charge in [-0.05, 0) is 31.0 Å².